The number of likely N-dealkylation sites (tertiary alicyclic amines) is 1. The summed E-state index contributed by atoms with van der Waals surface area (Å²) in [5.74, 6) is 1.06. The first-order valence-electron chi connectivity index (χ1n) is 7.29. The minimum atomic E-state index is -0.142. The van der Waals surface area contributed by atoms with Gasteiger partial charge in [0.1, 0.15) is 0 Å². The van der Waals surface area contributed by atoms with Crippen LogP contribution in [0.15, 0.2) is 0 Å². The quantitative estimate of drug-likeness (QED) is 0.745. The van der Waals surface area contributed by atoms with Crippen molar-refractivity contribution in [3.8, 4) is 0 Å². The van der Waals surface area contributed by atoms with Crippen LogP contribution in [0.1, 0.15) is 39.0 Å². The van der Waals surface area contributed by atoms with Gasteiger partial charge in [-0.05, 0) is 38.4 Å². The summed E-state index contributed by atoms with van der Waals surface area (Å²) in [6.07, 6.45) is 5.12. The van der Waals surface area contributed by atoms with E-state index in [1.165, 1.54) is 6.42 Å². The SMILES string of the molecule is CCOC(=O)[C@H]1CCCN(C(=O)C2CCCCS2)C1. The van der Waals surface area contributed by atoms with E-state index in [2.05, 4.69) is 0 Å². The first-order valence-corrected chi connectivity index (χ1v) is 8.34. The second-order valence-electron chi connectivity index (χ2n) is 5.23. The number of rotatable bonds is 3. The van der Waals surface area contributed by atoms with Gasteiger partial charge >= 0.3 is 5.97 Å². The first kappa shape index (κ1) is 14.7. The molecule has 0 aromatic heterocycles. The lowest BCUT2D eigenvalue weighted by molar-refractivity contribution is -0.151. The highest BCUT2D eigenvalue weighted by Gasteiger charge is 2.33. The summed E-state index contributed by atoms with van der Waals surface area (Å²) < 4.78 is 5.07. The number of thioether (sulfide) groups is 1. The van der Waals surface area contributed by atoms with Crippen LogP contribution in [0, 0.1) is 5.92 Å². The molecule has 1 unspecified atom stereocenters. The second kappa shape index (κ2) is 7.17. The maximum atomic E-state index is 12.4. The topological polar surface area (TPSA) is 46.6 Å². The molecular formula is C14H23NO3S. The molecule has 0 N–H and O–H groups in total. The molecule has 0 aromatic rings. The lowest BCUT2D eigenvalue weighted by Crippen LogP contribution is -2.46. The highest BCUT2D eigenvalue weighted by Crippen LogP contribution is 2.28. The molecule has 19 heavy (non-hydrogen) atoms. The van der Waals surface area contributed by atoms with E-state index >= 15 is 0 Å². The second-order valence-corrected chi connectivity index (χ2v) is 6.54. The highest BCUT2D eigenvalue weighted by atomic mass is 32.2. The van der Waals surface area contributed by atoms with Gasteiger partial charge in [-0.25, -0.2) is 0 Å². The Bertz CT molecular complexity index is 329. The minimum absolute atomic E-state index is 0.119. The van der Waals surface area contributed by atoms with Gasteiger partial charge in [-0.15, -0.1) is 11.8 Å². The van der Waals surface area contributed by atoms with Crippen molar-refractivity contribution in [2.24, 2.45) is 5.92 Å². The van der Waals surface area contributed by atoms with Crippen molar-refractivity contribution < 1.29 is 14.3 Å². The summed E-state index contributed by atoms with van der Waals surface area (Å²) in [4.78, 5) is 26.1. The minimum Gasteiger partial charge on any atom is -0.466 e. The third-order valence-corrected chi connectivity index (χ3v) is 5.17. The van der Waals surface area contributed by atoms with Crippen LogP contribution in [0.5, 0.6) is 0 Å². The predicted octanol–water partition coefficient (Wildman–Crippen LogP) is 2.07. The number of hydrogen-bond acceptors (Lipinski definition) is 4. The van der Waals surface area contributed by atoms with Crippen LogP contribution in [0.2, 0.25) is 0 Å². The van der Waals surface area contributed by atoms with Gasteiger partial charge in [0.2, 0.25) is 5.91 Å². The molecule has 2 heterocycles. The zero-order valence-electron chi connectivity index (χ0n) is 11.6. The number of ether oxygens (including phenoxy) is 1. The predicted molar refractivity (Wildman–Crippen MR) is 76.0 cm³/mol. The Morgan fingerprint density at radius 2 is 2.11 bits per heavy atom. The van der Waals surface area contributed by atoms with E-state index in [0.717, 1.165) is 38.0 Å². The van der Waals surface area contributed by atoms with Crippen molar-refractivity contribution in [1.82, 2.24) is 4.90 Å². The zero-order valence-corrected chi connectivity index (χ0v) is 12.4. The fourth-order valence-electron chi connectivity index (χ4n) is 2.77. The number of amides is 1. The Balaban J connectivity index is 1.89. The summed E-state index contributed by atoms with van der Waals surface area (Å²) in [7, 11) is 0. The van der Waals surface area contributed by atoms with Crippen LogP contribution in [-0.2, 0) is 14.3 Å². The number of hydrogen-bond donors (Lipinski definition) is 0. The summed E-state index contributed by atoms with van der Waals surface area (Å²) in [5, 5.41) is 0.120. The fraction of sp³-hybridized carbons (Fsp3) is 0.857. The number of carbonyl (C=O) groups excluding carboxylic acids is 2. The molecule has 0 radical (unpaired) electrons. The largest absolute Gasteiger partial charge is 0.466 e. The number of piperidine rings is 1. The average Bonchev–Trinajstić information content (AvgIpc) is 2.48. The van der Waals surface area contributed by atoms with E-state index in [1.807, 2.05) is 11.8 Å². The monoisotopic (exact) mass is 285 g/mol. The van der Waals surface area contributed by atoms with Crippen molar-refractivity contribution in [2.45, 2.75) is 44.3 Å². The smallest absolute Gasteiger partial charge is 0.310 e. The van der Waals surface area contributed by atoms with Gasteiger partial charge in [-0.1, -0.05) is 6.42 Å². The standard InChI is InChI=1S/C14H23NO3S/c1-2-18-14(17)11-6-5-8-15(10-11)13(16)12-7-3-4-9-19-12/h11-12H,2-10H2,1H3/t11-,12?/m0/s1. The van der Waals surface area contributed by atoms with Crippen LogP contribution in [0.3, 0.4) is 0 Å². The van der Waals surface area contributed by atoms with Crippen LogP contribution in [0.4, 0.5) is 0 Å². The van der Waals surface area contributed by atoms with Crippen molar-refractivity contribution in [1.29, 1.82) is 0 Å². The molecule has 4 nitrogen and oxygen atoms in total. The Labute approximate surface area is 119 Å². The maximum absolute atomic E-state index is 12.4. The summed E-state index contributed by atoms with van der Waals surface area (Å²) in [6.45, 7) is 3.59. The normalized spacial score (nSPS) is 27.9. The van der Waals surface area contributed by atoms with E-state index in [9.17, 15) is 9.59 Å². The molecule has 2 aliphatic rings. The van der Waals surface area contributed by atoms with Crippen LogP contribution < -0.4 is 0 Å². The maximum Gasteiger partial charge on any atom is 0.310 e. The van der Waals surface area contributed by atoms with Crippen molar-refractivity contribution in [2.75, 3.05) is 25.4 Å². The number of esters is 1. The van der Waals surface area contributed by atoms with Gasteiger partial charge in [-0.2, -0.15) is 0 Å². The molecule has 2 aliphatic heterocycles. The third kappa shape index (κ3) is 3.88. The van der Waals surface area contributed by atoms with E-state index in [4.69, 9.17) is 4.74 Å². The zero-order chi connectivity index (χ0) is 13.7. The van der Waals surface area contributed by atoms with Gasteiger partial charge in [0, 0.05) is 13.1 Å². The molecule has 0 saturated carbocycles. The van der Waals surface area contributed by atoms with Crippen molar-refractivity contribution in [3.63, 3.8) is 0 Å². The van der Waals surface area contributed by atoms with Gasteiger partial charge in [0.05, 0.1) is 17.8 Å². The lowest BCUT2D eigenvalue weighted by Gasteiger charge is -2.34. The van der Waals surface area contributed by atoms with Crippen LogP contribution >= 0.6 is 11.8 Å². The van der Waals surface area contributed by atoms with E-state index in [0.29, 0.717) is 13.2 Å². The average molecular weight is 285 g/mol. The molecule has 1 amide bonds. The Morgan fingerprint density at radius 1 is 1.26 bits per heavy atom. The van der Waals surface area contributed by atoms with Crippen LogP contribution in [-0.4, -0.2) is 47.5 Å². The molecule has 0 aromatic carbocycles. The molecule has 0 bridgehead atoms. The van der Waals surface area contributed by atoms with Gasteiger partial charge in [0.25, 0.3) is 0 Å². The molecule has 2 atom stereocenters. The lowest BCUT2D eigenvalue weighted by atomic mass is 9.97. The molecular weight excluding hydrogens is 262 g/mol. The molecule has 2 saturated heterocycles. The van der Waals surface area contributed by atoms with Gasteiger partial charge < -0.3 is 9.64 Å². The Hall–Kier alpha value is -0.710. The van der Waals surface area contributed by atoms with Gasteiger partial charge in [0.15, 0.2) is 0 Å². The molecule has 0 aliphatic carbocycles. The molecule has 2 fully saturated rings. The van der Waals surface area contributed by atoms with E-state index in [1.54, 1.807) is 11.8 Å². The summed E-state index contributed by atoms with van der Waals surface area (Å²) in [6, 6.07) is 0. The van der Waals surface area contributed by atoms with E-state index in [-0.39, 0.29) is 23.0 Å². The molecule has 108 valence electrons. The fourth-order valence-corrected chi connectivity index (χ4v) is 4.05. The summed E-state index contributed by atoms with van der Waals surface area (Å²) in [5.41, 5.74) is 0. The number of nitrogens with zero attached hydrogens (tertiary/aromatic N) is 1. The first-order chi connectivity index (χ1) is 9.22. The summed E-state index contributed by atoms with van der Waals surface area (Å²) >= 11 is 1.78. The Kier molecular flexibility index (Phi) is 5.55. The Morgan fingerprint density at radius 3 is 2.79 bits per heavy atom. The van der Waals surface area contributed by atoms with Gasteiger partial charge in [-0.3, -0.25) is 9.59 Å². The molecule has 0 spiro atoms. The van der Waals surface area contributed by atoms with Crippen molar-refractivity contribution in [3.05, 3.63) is 0 Å². The van der Waals surface area contributed by atoms with Crippen molar-refractivity contribution >= 4 is 23.6 Å². The number of carbonyl (C=O) groups is 2. The van der Waals surface area contributed by atoms with Crippen LogP contribution in [0.25, 0.3) is 0 Å². The highest BCUT2D eigenvalue weighted by molar-refractivity contribution is 8.00. The molecule has 2 rings (SSSR count). The van der Waals surface area contributed by atoms with E-state index < -0.39 is 0 Å². The third-order valence-electron chi connectivity index (χ3n) is 3.81. The molecule has 5 heteroatoms.